The molecule has 0 aliphatic heterocycles. The second-order valence-corrected chi connectivity index (χ2v) is 12.0. The van der Waals surface area contributed by atoms with E-state index in [-0.39, 0.29) is 0 Å². The van der Waals surface area contributed by atoms with E-state index in [1.54, 1.807) is 23.5 Å². The number of benzene rings is 6. The Morgan fingerprint density at radius 3 is 1.27 bits per heavy atom. The van der Waals surface area contributed by atoms with Crippen molar-refractivity contribution in [2.75, 3.05) is 12.5 Å². The number of aryl methyl sites for hydroxylation is 2. The molecule has 0 aliphatic carbocycles. The first-order chi connectivity index (χ1) is 19.5. The molecule has 0 spiro atoms. The molecular formula is C38H32S2. The van der Waals surface area contributed by atoms with Crippen LogP contribution < -0.4 is 0 Å². The van der Waals surface area contributed by atoms with Gasteiger partial charge in [0.2, 0.25) is 0 Å². The summed E-state index contributed by atoms with van der Waals surface area (Å²) in [5, 5.41) is 5.09. The molecular weight excluding hydrogens is 521 g/mol. The molecule has 196 valence electrons. The largest absolute Gasteiger partial charge is 0.129 e. The summed E-state index contributed by atoms with van der Waals surface area (Å²) in [5.74, 6) is 0. The fourth-order valence-electron chi connectivity index (χ4n) is 5.51. The van der Waals surface area contributed by atoms with Gasteiger partial charge in [-0.05, 0) is 129 Å². The second kappa shape index (κ2) is 11.4. The molecule has 0 aromatic heterocycles. The van der Waals surface area contributed by atoms with E-state index >= 15 is 0 Å². The smallest absolute Gasteiger partial charge is 0.0148 e. The van der Waals surface area contributed by atoms with Gasteiger partial charge in [-0.25, -0.2) is 0 Å². The molecule has 0 N–H and O–H groups in total. The molecule has 0 radical (unpaired) electrons. The fourth-order valence-corrected chi connectivity index (χ4v) is 6.73. The minimum atomic E-state index is 1.25. The van der Waals surface area contributed by atoms with Crippen LogP contribution in [0, 0.1) is 13.8 Å². The van der Waals surface area contributed by atoms with Crippen LogP contribution in [-0.2, 0) is 0 Å². The molecule has 0 fully saturated rings. The first-order valence-electron chi connectivity index (χ1n) is 13.6. The molecule has 0 saturated heterocycles. The number of rotatable bonds is 6. The zero-order valence-electron chi connectivity index (χ0n) is 23.4. The SMILES string of the molecule is CSc1cc2ccc(-c3ccccc3C)cc2cc1/C=C/c1cc2cc(-c3ccccc3C)ccc2cc1SC. The lowest BCUT2D eigenvalue weighted by Crippen LogP contribution is -1.87. The number of fused-ring (bicyclic) bond motifs is 2. The van der Waals surface area contributed by atoms with Gasteiger partial charge in [0.05, 0.1) is 0 Å². The van der Waals surface area contributed by atoms with Gasteiger partial charge in [-0.2, -0.15) is 0 Å². The van der Waals surface area contributed by atoms with Crippen LogP contribution >= 0.6 is 23.5 Å². The summed E-state index contributed by atoms with van der Waals surface area (Å²) in [7, 11) is 0. The van der Waals surface area contributed by atoms with Gasteiger partial charge >= 0.3 is 0 Å². The highest BCUT2D eigenvalue weighted by Crippen LogP contribution is 2.35. The molecule has 0 unspecified atom stereocenters. The molecule has 2 heteroatoms. The molecule has 40 heavy (non-hydrogen) atoms. The molecule has 0 nitrogen and oxygen atoms in total. The summed E-state index contributed by atoms with van der Waals surface area (Å²) < 4.78 is 0. The monoisotopic (exact) mass is 552 g/mol. The summed E-state index contributed by atoms with van der Waals surface area (Å²) in [4.78, 5) is 2.58. The minimum absolute atomic E-state index is 1.25. The Labute approximate surface area is 246 Å². The number of hydrogen-bond donors (Lipinski definition) is 0. The van der Waals surface area contributed by atoms with Gasteiger partial charge in [0.15, 0.2) is 0 Å². The Hall–Kier alpha value is -3.72. The van der Waals surface area contributed by atoms with Crippen LogP contribution in [0.2, 0.25) is 0 Å². The van der Waals surface area contributed by atoms with Gasteiger partial charge in [-0.15, -0.1) is 23.5 Å². The maximum absolute atomic E-state index is 2.34. The molecule has 6 rings (SSSR count). The zero-order chi connectivity index (χ0) is 27.6. The summed E-state index contributed by atoms with van der Waals surface area (Å²) in [6.45, 7) is 4.36. The molecule has 0 saturated carbocycles. The third-order valence-corrected chi connectivity index (χ3v) is 9.32. The van der Waals surface area contributed by atoms with E-state index in [0.717, 1.165) is 0 Å². The van der Waals surface area contributed by atoms with E-state index in [9.17, 15) is 0 Å². The quantitative estimate of drug-likeness (QED) is 0.149. The number of hydrogen-bond acceptors (Lipinski definition) is 2. The first-order valence-corrected chi connectivity index (χ1v) is 16.0. The lowest BCUT2D eigenvalue weighted by Gasteiger charge is -2.11. The Bertz CT molecular complexity index is 1760. The zero-order valence-corrected chi connectivity index (χ0v) is 25.0. The van der Waals surface area contributed by atoms with Crippen molar-refractivity contribution in [1.82, 2.24) is 0 Å². The molecule has 0 amide bonds. The summed E-state index contributed by atoms with van der Waals surface area (Å²) in [6, 6.07) is 40.2. The van der Waals surface area contributed by atoms with Gasteiger partial charge in [-0.1, -0.05) is 84.9 Å². The Balaban J connectivity index is 1.42. The lowest BCUT2D eigenvalue weighted by molar-refractivity contribution is 1.44. The predicted octanol–water partition coefficient (Wildman–Crippen LogP) is 11.6. The van der Waals surface area contributed by atoms with Crippen molar-refractivity contribution in [3.05, 3.63) is 131 Å². The summed E-state index contributed by atoms with van der Waals surface area (Å²) in [6.07, 6.45) is 8.91. The maximum Gasteiger partial charge on any atom is 0.0148 e. The van der Waals surface area contributed by atoms with Crippen molar-refractivity contribution >= 4 is 57.2 Å². The van der Waals surface area contributed by atoms with Crippen molar-refractivity contribution in [2.45, 2.75) is 23.6 Å². The van der Waals surface area contributed by atoms with Crippen molar-refractivity contribution in [2.24, 2.45) is 0 Å². The van der Waals surface area contributed by atoms with E-state index in [4.69, 9.17) is 0 Å². The standard InChI is InChI=1S/C38H32S2/c1-25-9-5-7-11-35(25)29-15-13-27-23-37(39-3)31(21-33(27)19-29)17-18-32-22-34-20-30(36-12-8-6-10-26(36)2)16-14-28(34)24-38(32)40-4/h5-24H,1-4H3/b18-17+. The van der Waals surface area contributed by atoms with Gasteiger partial charge in [-0.3, -0.25) is 0 Å². The number of thioether (sulfide) groups is 2. The van der Waals surface area contributed by atoms with E-state index in [2.05, 4.69) is 148 Å². The van der Waals surface area contributed by atoms with Gasteiger partial charge < -0.3 is 0 Å². The third-order valence-electron chi connectivity index (χ3n) is 7.73. The molecule has 0 aliphatic rings. The summed E-state index contributed by atoms with van der Waals surface area (Å²) in [5.41, 5.74) is 10.2. The lowest BCUT2D eigenvalue weighted by atomic mass is 9.96. The second-order valence-electron chi connectivity index (χ2n) is 10.3. The highest BCUT2D eigenvalue weighted by atomic mass is 32.2. The highest BCUT2D eigenvalue weighted by molar-refractivity contribution is 7.99. The van der Waals surface area contributed by atoms with E-state index in [0.29, 0.717) is 0 Å². The van der Waals surface area contributed by atoms with E-state index < -0.39 is 0 Å². The van der Waals surface area contributed by atoms with E-state index in [1.807, 2.05) is 0 Å². The Morgan fingerprint density at radius 2 is 0.875 bits per heavy atom. The van der Waals surface area contributed by atoms with Crippen LogP contribution in [0.15, 0.2) is 119 Å². The predicted molar refractivity (Wildman–Crippen MR) is 181 cm³/mol. The molecule has 6 aromatic carbocycles. The van der Waals surface area contributed by atoms with E-state index in [1.165, 1.54) is 75.8 Å². The van der Waals surface area contributed by atoms with Crippen LogP contribution in [-0.4, -0.2) is 12.5 Å². The molecule has 0 atom stereocenters. The van der Waals surface area contributed by atoms with Crippen molar-refractivity contribution in [3.8, 4) is 22.3 Å². The first kappa shape index (κ1) is 26.5. The van der Waals surface area contributed by atoms with Gasteiger partial charge in [0.25, 0.3) is 0 Å². The van der Waals surface area contributed by atoms with Crippen LogP contribution in [0.1, 0.15) is 22.3 Å². The molecule has 0 bridgehead atoms. The van der Waals surface area contributed by atoms with Gasteiger partial charge in [0.1, 0.15) is 0 Å². The topological polar surface area (TPSA) is 0 Å². The molecule has 0 heterocycles. The average Bonchev–Trinajstić information content (AvgIpc) is 2.99. The van der Waals surface area contributed by atoms with Crippen LogP contribution in [0.4, 0.5) is 0 Å². The molecule has 6 aromatic rings. The highest BCUT2D eigenvalue weighted by Gasteiger charge is 2.09. The minimum Gasteiger partial charge on any atom is -0.129 e. The fraction of sp³-hybridized carbons (Fsp3) is 0.105. The normalized spacial score (nSPS) is 11.6. The average molecular weight is 553 g/mol. The van der Waals surface area contributed by atoms with Crippen LogP contribution in [0.5, 0.6) is 0 Å². The maximum atomic E-state index is 2.34. The third kappa shape index (κ3) is 5.22. The van der Waals surface area contributed by atoms with Crippen molar-refractivity contribution in [3.63, 3.8) is 0 Å². The Morgan fingerprint density at radius 1 is 0.450 bits per heavy atom. The van der Waals surface area contributed by atoms with Crippen molar-refractivity contribution in [1.29, 1.82) is 0 Å². The van der Waals surface area contributed by atoms with Crippen molar-refractivity contribution < 1.29 is 0 Å². The Kier molecular flexibility index (Phi) is 7.56. The van der Waals surface area contributed by atoms with Gasteiger partial charge in [0, 0.05) is 9.79 Å². The van der Waals surface area contributed by atoms with Crippen LogP contribution in [0.25, 0.3) is 56.0 Å². The summed E-state index contributed by atoms with van der Waals surface area (Å²) >= 11 is 3.61. The van der Waals surface area contributed by atoms with Crippen LogP contribution in [0.3, 0.4) is 0 Å².